The Morgan fingerprint density at radius 1 is 1.18 bits per heavy atom. The molecule has 1 aliphatic carbocycles. The number of hydrogen-bond donors (Lipinski definition) is 0. The van der Waals surface area contributed by atoms with E-state index < -0.39 is 19.8 Å². The third kappa shape index (κ3) is 3.03. The van der Waals surface area contributed by atoms with Crippen LogP contribution in [0.1, 0.15) is 32.6 Å². The summed E-state index contributed by atoms with van der Waals surface area (Å²) < 4.78 is 1.07. The van der Waals surface area contributed by atoms with Gasteiger partial charge in [-0.3, -0.25) is 0 Å². The zero-order valence-corrected chi connectivity index (χ0v) is 12.1. The minimum atomic E-state index is -2.05. The van der Waals surface area contributed by atoms with Gasteiger partial charge >= 0.3 is 109 Å². The molecule has 2 rings (SSSR count). The van der Waals surface area contributed by atoms with Gasteiger partial charge in [0.25, 0.3) is 0 Å². The number of carbonyl (C=O) groups excluding carboxylic acids is 3. The van der Waals surface area contributed by atoms with E-state index in [2.05, 4.69) is 0 Å². The maximum absolute atomic E-state index is 11.5. The Hall–Kier alpha value is -0.520. The van der Waals surface area contributed by atoms with Crippen molar-refractivity contribution >= 4 is 33.2 Å². The molecule has 17 heavy (non-hydrogen) atoms. The van der Waals surface area contributed by atoms with Crippen LogP contribution in [-0.4, -0.2) is 17.8 Å². The van der Waals surface area contributed by atoms with E-state index in [0.717, 1.165) is 30.1 Å². The normalized spacial score (nSPS) is 31.0. The first-order valence-corrected chi connectivity index (χ1v) is 9.68. The molecule has 0 aromatic carbocycles. The van der Waals surface area contributed by atoms with Gasteiger partial charge in [-0.15, -0.1) is 0 Å². The Bertz CT molecular complexity index is 360. The summed E-state index contributed by atoms with van der Waals surface area (Å²) in [7, 11) is 0. The molecule has 0 saturated heterocycles. The van der Waals surface area contributed by atoms with E-state index in [1.165, 1.54) is 12.2 Å². The van der Waals surface area contributed by atoms with Gasteiger partial charge < -0.3 is 0 Å². The second-order valence-corrected chi connectivity index (χ2v) is 9.86. The van der Waals surface area contributed by atoms with E-state index in [-0.39, 0.29) is 19.3 Å². The monoisotopic (exact) mass is 348 g/mol. The van der Waals surface area contributed by atoms with Crippen molar-refractivity contribution in [3.63, 3.8) is 0 Å². The number of hydrogen-bond acceptors (Lipinski definition) is 3. The van der Waals surface area contributed by atoms with Gasteiger partial charge in [-0.2, -0.15) is 0 Å². The molecule has 0 radical (unpaired) electrons. The van der Waals surface area contributed by atoms with Crippen LogP contribution in [0.2, 0.25) is 0 Å². The van der Waals surface area contributed by atoms with Crippen molar-refractivity contribution in [1.29, 1.82) is 0 Å². The van der Waals surface area contributed by atoms with E-state index in [1.54, 1.807) is 6.92 Å². The van der Waals surface area contributed by atoms with Crippen LogP contribution in [0.15, 0.2) is 12.2 Å². The molecule has 1 heterocycles. The van der Waals surface area contributed by atoms with Crippen molar-refractivity contribution in [3.05, 3.63) is 12.2 Å². The van der Waals surface area contributed by atoms with Crippen LogP contribution in [0, 0.1) is 11.8 Å². The molecule has 1 fully saturated rings. The van der Waals surface area contributed by atoms with Gasteiger partial charge in [0.1, 0.15) is 0 Å². The number of alkyl halides is 1. The molecule has 0 spiro atoms. The summed E-state index contributed by atoms with van der Waals surface area (Å²) in [4.78, 5) is 34.3. The fourth-order valence-corrected chi connectivity index (χ4v) is 7.21. The summed E-state index contributed by atoms with van der Waals surface area (Å²) in [6.45, 7) is 1.66. The number of carbonyl (C=O) groups is 3. The molecule has 0 bridgehead atoms. The van der Waals surface area contributed by atoms with E-state index in [4.69, 9.17) is 0 Å². The van der Waals surface area contributed by atoms with E-state index in [1.807, 2.05) is 0 Å². The molecule has 0 N–H and O–H groups in total. The first-order valence-electron chi connectivity index (χ1n) is 6.00. The maximum atomic E-state index is 11.5. The fraction of sp³-hybridized carbons (Fsp3) is 0.615. The van der Waals surface area contributed by atoms with E-state index >= 15 is 0 Å². The third-order valence-electron chi connectivity index (χ3n) is 3.59. The summed E-state index contributed by atoms with van der Waals surface area (Å²) in [5, 5.41) is 0. The minimum absolute atomic E-state index is 0.118. The molecule has 0 aromatic rings. The molecular weight excluding hydrogens is 331 g/mol. The van der Waals surface area contributed by atoms with Crippen molar-refractivity contribution in [1.82, 2.24) is 0 Å². The molecule has 94 valence electrons. The van der Waals surface area contributed by atoms with E-state index in [0.29, 0.717) is 5.92 Å². The van der Waals surface area contributed by atoms with Gasteiger partial charge in [0.2, 0.25) is 0 Å². The predicted octanol–water partition coefficient (Wildman–Crippen LogP) is 2.51. The topological polar surface area (TPSA) is 51.2 Å². The summed E-state index contributed by atoms with van der Waals surface area (Å²) in [6, 6.07) is 0. The number of ketones is 1. The Labute approximate surface area is 108 Å². The molecule has 0 unspecified atom stereocenters. The second kappa shape index (κ2) is 5.42. The van der Waals surface area contributed by atoms with Gasteiger partial charge in [-0.1, -0.05) is 0 Å². The second-order valence-electron chi connectivity index (χ2n) is 4.79. The molecule has 0 atom stereocenters. The van der Waals surface area contributed by atoms with Gasteiger partial charge in [0.05, 0.1) is 0 Å². The SMILES string of the molecule is CC(=O)C1CCC(CI2C(=O)C=CC2=O)CC1. The van der Waals surface area contributed by atoms with Gasteiger partial charge in [0, 0.05) is 0 Å². The summed E-state index contributed by atoms with van der Waals surface area (Å²) in [6.07, 6.45) is 6.85. The molecule has 0 aromatic heterocycles. The standard InChI is InChI=1S/C13H17IO3/c1-9(15)11-4-2-10(3-5-11)8-14-12(16)6-7-13(14)17/h6-7,10-11H,2-5,8H2,1H3. The quantitative estimate of drug-likeness (QED) is 0.447. The number of rotatable bonds is 3. The zero-order valence-electron chi connectivity index (χ0n) is 9.95. The Kier molecular flexibility index (Phi) is 4.12. The van der Waals surface area contributed by atoms with Crippen molar-refractivity contribution in [3.8, 4) is 0 Å². The van der Waals surface area contributed by atoms with Crippen LogP contribution in [0.4, 0.5) is 0 Å². The molecule has 4 heteroatoms. The average Bonchev–Trinajstić information content (AvgIpc) is 2.61. The van der Waals surface area contributed by atoms with Crippen LogP contribution >= 0.6 is 19.8 Å². The predicted molar refractivity (Wildman–Crippen MR) is 74.2 cm³/mol. The van der Waals surface area contributed by atoms with Gasteiger partial charge in [-0.25, -0.2) is 0 Å². The third-order valence-corrected chi connectivity index (χ3v) is 9.00. The van der Waals surface area contributed by atoms with Gasteiger partial charge in [0.15, 0.2) is 0 Å². The molecule has 1 aliphatic heterocycles. The molecule has 2 aliphatic rings. The van der Waals surface area contributed by atoms with Crippen molar-refractivity contribution in [2.75, 3.05) is 4.43 Å². The Morgan fingerprint density at radius 2 is 1.71 bits per heavy atom. The van der Waals surface area contributed by atoms with Crippen LogP contribution in [0.25, 0.3) is 0 Å². The Balaban J connectivity index is 1.84. The van der Waals surface area contributed by atoms with Gasteiger partial charge in [-0.05, 0) is 0 Å². The molecular formula is C13H17IO3. The fourth-order valence-electron chi connectivity index (χ4n) is 2.47. The van der Waals surface area contributed by atoms with Crippen molar-refractivity contribution in [2.45, 2.75) is 32.6 Å². The molecule has 3 nitrogen and oxygen atoms in total. The zero-order chi connectivity index (χ0) is 12.4. The van der Waals surface area contributed by atoms with Crippen LogP contribution < -0.4 is 0 Å². The number of Topliss-reactive ketones (excluding diaryl/α,β-unsaturated/α-hetero) is 1. The van der Waals surface area contributed by atoms with Crippen LogP contribution in [0.3, 0.4) is 0 Å². The average molecular weight is 348 g/mol. The molecule has 0 amide bonds. The van der Waals surface area contributed by atoms with Crippen molar-refractivity contribution < 1.29 is 14.4 Å². The van der Waals surface area contributed by atoms with Crippen LogP contribution in [-0.2, 0) is 14.4 Å². The first kappa shape index (κ1) is 12.9. The molecule has 1 saturated carbocycles. The summed E-state index contributed by atoms with van der Waals surface area (Å²) in [5.41, 5.74) is 0. The van der Waals surface area contributed by atoms with Crippen molar-refractivity contribution in [2.24, 2.45) is 11.8 Å². The Morgan fingerprint density at radius 3 is 2.18 bits per heavy atom. The van der Waals surface area contributed by atoms with E-state index in [9.17, 15) is 14.4 Å². The van der Waals surface area contributed by atoms with Crippen LogP contribution in [0.5, 0.6) is 0 Å². The number of allylic oxidation sites excluding steroid dienone is 2. The summed E-state index contributed by atoms with van der Waals surface area (Å²) in [5.74, 6) is 1.02. The number of halogens is 1. The summed E-state index contributed by atoms with van der Waals surface area (Å²) >= 11 is -2.05. The first-order chi connectivity index (χ1) is 8.08.